The molecule has 0 N–H and O–H groups in total. The fourth-order valence-electron chi connectivity index (χ4n) is 4.03. The largest absolute Gasteiger partial charge is 0.497 e. The van der Waals surface area contributed by atoms with E-state index in [4.69, 9.17) is 4.74 Å². The van der Waals surface area contributed by atoms with E-state index in [9.17, 15) is 0 Å². The van der Waals surface area contributed by atoms with Crippen molar-refractivity contribution in [2.24, 2.45) is 4.99 Å². The maximum atomic E-state index is 5.19. The van der Waals surface area contributed by atoms with E-state index < -0.39 is 0 Å². The highest BCUT2D eigenvalue weighted by molar-refractivity contribution is 5.82. The Hall–Kier alpha value is -2.55. The van der Waals surface area contributed by atoms with Gasteiger partial charge in [-0.1, -0.05) is 32.0 Å². The Kier molecular flexibility index (Phi) is 3.87. The van der Waals surface area contributed by atoms with Crippen molar-refractivity contribution in [2.75, 3.05) is 18.6 Å². The minimum Gasteiger partial charge on any atom is -0.497 e. The molecule has 2 heterocycles. The Labute approximate surface area is 149 Å². The van der Waals surface area contributed by atoms with Gasteiger partial charge in [0.25, 0.3) is 0 Å². The average molecular weight is 332 g/mol. The third-order valence-corrected chi connectivity index (χ3v) is 5.35. The Morgan fingerprint density at radius 3 is 2.68 bits per heavy atom. The third-order valence-electron chi connectivity index (χ3n) is 5.35. The van der Waals surface area contributed by atoms with Gasteiger partial charge in [-0.3, -0.25) is 4.99 Å². The van der Waals surface area contributed by atoms with Crippen LogP contribution in [0, 0.1) is 0 Å². The van der Waals surface area contributed by atoms with Crippen LogP contribution in [0.2, 0.25) is 0 Å². The zero-order valence-electron chi connectivity index (χ0n) is 15.1. The average Bonchev–Trinajstić information content (AvgIpc) is 2.86. The van der Waals surface area contributed by atoms with Crippen LogP contribution in [0.1, 0.15) is 31.4 Å². The van der Waals surface area contributed by atoms with E-state index in [0.717, 1.165) is 18.0 Å². The summed E-state index contributed by atoms with van der Waals surface area (Å²) in [5.74, 6) is 0.852. The lowest BCUT2D eigenvalue weighted by Crippen LogP contribution is -2.29. The molecule has 2 aromatic rings. The summed E-state index contributed by atoms with van der Waals surface area (Å²) in [5.41, 5.74) is 6.64. The van der Waals surface area contributed by atoms with Gasteiger partial charge in [-0.15, -0.1) is 0 Å². The van der Waals surface area contributed by atoms with Gasteiger partial charge in [-0.2, -0.15) is 0 Å². The number of benzene rings is 2. The predicted molar refractivity (Wildman–Crippen MR) is 104 cm³/mol. The summed E-state index contributed by atoms with van der Waals surface area (Å²) < 4.78 is 5.19. The maximum absolute atomic E-state index is 5.19. The number of aryl methyl sites for hydroxylation is 1. The van der Waals surface area contributed by atoms with Crippen LogP contribution in [0.25, 0.3) is 0 Å². The summed E-state index contributed by atoms with van der Waals surface area (Å²) in [6, 6.07) is 14.6. The van der Waals surface area contributed by atoms with Gasteiger partial charge in [0.05, 0.1) is 12.8 Å². The molecule has 0 bridgehead atoms. The first kappa shape index (κ1) is 15.9. The number of anilines is 1. The third kappa shape index (κ3) is 2.64. The van der Waals surface area contributed by atoms with E-state index in [1.54, 1.807) is 7.11 Å². The van der Waals surface area contributed by atoms with Crippen LogP contribution in [0.15, 0.2) is 59.2 Å². The van der Waals surface area contributed by atoms with Gasteiger partial charge >= 0.3 is 0 Å². The van der Waals surface area contributed by atoms with Gasteiger partial charge in [0.1, 0.15) is 5.75 Å². The number of hydrogen-bond donors (Lipinski definition) is 0. The molecule has 2 aromatic carbocycles. The fourth-order valence-corrected chi connectivity index (χ4v) is 4.03. The Balaban J connectivity index is 1.66. The summed E-state index contributed by atoms with van der Waals surface area (Å²) in [6.45, 7) is 5.72. The highest BCUT2D eigenvalue weighted by atomic mass is 16.5. The van der Waals surface area contributed by atoms with Gasteiger partial charge in [-0.25, -0.2) is 0 Å². The molecule has 0 unspecified atom stereocenters. The van der Waals surface area contributed by atoms with Crippen molar-refractivity contribution in [3.63, 3.8) is 0 Å². The topological polar surface area (TPSA) is 24.8 Å². The van der Waals surface area contributed by atoms with Gasteiger partial charge in [-0.05, 0) is 54.3 Å². The Morgan fingerprint density at radius 2 is 1.92 bits per heavy atom. The van der Waals surface area contributed by atoms with Crippen molar-refractivity contribution in [3.8, 4) is 5.75 Å². The summed E-state index contributed by atoms with van der Waals surface area (Å²) >= 11 is 0. The molecule has 0 saturated carbocycles. The van der Waals surface area contributed by atoms with E-state index in [1.807, 2.05) is 30.5 Å². The van der Waals surface area contributed by atoms with E-state index in [0.29, 0.717) is 0 Å². The Morgan fingerprint density at radius 1 is 1.12 bits per heavy atom. The molecule has 2 aliphatic heterocycles. The quantitative estimate of drug-likeness (QED) is 0.737. The monoisotopic (exact) mass is 332 g/mol. The summed E-state index contributed by atoms with van der Waals surface area (Å²) in [6.07, 6.45) is 6.50. The zero-order chi connectivity index (χ0) is 17.4. The number of ether oxygens (including phenoxy) is 1. The van der Waals surface area contributed by atoms with Crippen molar-refractivity contribution >= 4 is 17.6 Å². The summed E-state index contributed by atoms with van der Waals surface area (Å²) in [4.78, 5) is 7.09. The van der Waals surface area contributed by atoms with Crippen molar-refractivity contribution in [1.82, 2.24) is 0 Å². The van der Waals surface area contributed by atoms with E-state index >= 15 is 0 Å². The molecule has 25 heavy (non-hydrogen) atoms. The van der Waals surface area contributed by atoms with E-state index in [2.05, 4.69) is 48.0 Å². The number of methoxy groups -OCH3 is 1. The molecule has 0 atom stereocenters. The number of aliphatic imine (C=N–C) groups is 1. The van der Waals surface area contributed by atoms with Crippen LogP contribution in [0.4, 0.5) is 11.4 Å². The van der Waals surface area contributed by atoms with Crippen LogP contribution < -0.4 is 9.64 Å². The highest BCUT2D eigenvalue weighted by Gasteiger charge is 2.41. The van der Waals surface area contributed by atoms with Crippen LogP contribution in [-0.2, 0) is 11.8 Å². The zero-order valence-corrected chi connectivity index (χ0v) is 15.1. The molecule has 0 amide bonds. The second kappa shape index (κ2) is 6.07. The molecule has 0 radical (unpaired) electrons. The molecule has 128 valence electrons. The number of nitrogens with zero attached hydrogens (tertiary/aromatic N) is 2. The van der Waals surface area contributed by atoms with Crippen LogP contribution in [0.3, 0.4) is 0 Å². The number of para-hydroxylation sites is 1. The summed E-state index contributed by atoms with van der Waals surface area (Å²) in [5, 5.41) is 0. The van der Waals surface area contributed by atoms with Crippen LogP contribution in [0.5, 0.6) is 5.75 Å². The fraction of sp³-hybridized carbons (Fsp3) is 0.318. The molecular weight excluding hydrogens is 308 g/mol. The summed E-state index contributed by atoms with van der Waals surface area (Å²) in [7, 11) is 1.68. The van der Waals surface area contributed by atoms with E-state index in [1.165, 1.54) is 35.4 Å². The lowest BCUT2D eigenvalue weighted by Gasteiger charge is -2.30. The molecule has 4 rings (SSSR count). The van der Waals surface area contributed by atoms with Crippen LogP contribution >= 0.6 is 0 Å². The second-order valence-electron chi connectivity index (χ2n) is 7.22. The molecular formula is C22H24N2O. The molecule has 0 fully saturated rings. The van der Waals surface area contributed by atoms with Gasteiger partial charge in [0.15, 0.2) is 0 Å². The molecule has 0 spiro atoms. The van der Waals surface area contributed by atoms with Gasteiger partial charge in [0, 0.05) is 29.6 Å². The minimum absolute atomic E-state index is 0.0155. The lowest BCUT2D eigenvalue weighted by atomic mass is 9.83. The van der Waals surface area contributed by atoms with Gasteiger partial charge < -0.3 is 9.64 Å². The van der Waals surface area contributed by atoms with Crippen molar-refractivity contribution in [1.29, 1.82) is 0 Å². The van der Waals surface area contributed by atoms with Crippen molar-refractivity contribution in [2.45, 2.75) is 32.1 Å². The van der Waals surface area contributed by atoms with Crippen molar-refractivity contribution < 1.29 is 4.74 Å². The predicted octanol–water partition coefficient (Wildman–Crippen LogP) is 5.03. The number of hydrogen-bond acceptors (Lipinski definition) is 3. The van der Waals surface area contributed by atoms with Crippen molar-refractivity contribution in [3.05, 3.63) is 65.4 Å². The van der Waals surface area contributed by atoms with Gasteiger partial charge in [0.2, 0.25) is 0 Å². The smallest absolute Gasteiger partial charge is 0.119 e. The molecule has 0 aliphatic carbocycles. The number of rotatable bonds is 3. The lowest BCUT2D eigenvalue weighted by molar-refractivity contribution is 0.415. The first-order valence-electron chi connectivity index (χ1n) is 8.90. The molecule has 3 nitrogen and oxygen atoms in total. The van der Waals surface area contributed by atoms with Crippen LogP contribution in [-0.4, -0.2) is 19.9 Å². The second-order valence-corrected chi connectivity index (χ2v) is 7.22. The molecule has 3 heteroatoms. The first-order valence-corrected chi connectivity index (χ1v) is 8.90. The van der Waals surface area contributed by atoms with E-state index in [-0.39, 0.29) is 5.41 Å². The number of allylic oxidation sites excluding steroid dienone is 2. The first-order chi connectivity index (χ1) is 12.1. The SMILES string of the molecule is COc1ccc(N=CC=C2N3CCCc4cccc(c43)C2(C)C)cc1. The maximum Gasteiger partial charge on any atom is 0.119 e. The molecule has 2 aliphatic rings. The normalized spacial score (nSPS) is 19.5. The molecule has 0 aromatic heterocycles. The molecule has 0 saturated heterocycles. The minimum atomic E-state index is 0.0155. The standard InChI is InChI=1S/C22H24N2O/c1-22(2)19-8-4-6-16-7-5-15-24(21(16)19)20(22)13-14-23-17-9-11-18(25-3)12-10-17/h4,6,8-14H,5,7,15H2,1-3H3. The Bertz CT molecular complexity index is 847. The highest BCUT2D eigenvalue weighted by Crippen LogP contribution is 2.50.